The second-order valence-corrected chi connectivity index (χ2v) is 4.21. The van der Waals surface area contributed by atoms with Crippen molar-refractivity contribution < 1.29 is 28.5 Å². The van der Waals surface area contributed by atoms with Crippen LogP contribution in [-0.2, 0) is 6.42 Å². The molecule has 0 atom stereocenters. The Hall–Kier alpha value is -0.0900. The summed E-state index contributed by atoms with van der Waals surface area (Å²) in [6, 6.07) is 10.7. The molecule has 0 amide bonds. The van der Waals surface area contributed by atoms with E-state index < -0.39 is 0 Å². The normalized spacial score (nSPS) is 10.8. The van der Waals surface area contributed by atoms with Crippen molar-refractivity contribution in [3.8, 4) is 0 Å². The minimum atomic E-state index is 0. The molecule has 0 heterocycles. The van der Waals surface area contributed by atoms with Crippen molar-refractivity contribution in [2.75, 3.05) is 27.2 Å². The molecule has 0 spiro atoms. The zero-order chi connectivity index (χ0) is 9.73. The van der Waals surface area contributed by atoms with Gasteiger partial charge in [0.25, 0.3) is 0 Å². The lowest BCUT2D eigenvalue weighted by molar-refractivity contribution is -0.888. The Balaban J connectivity index is 0.00000169. The largest absolute Gasteiger partial charge is 1.00 e. The van der Waals surface area contributed by atoms with Crippen LogP contribution in [0.2, 0.25) is 0 Å². The maximum Gasteiger partial charge on any atom is 0.0823 e. The molecule has 0 aliphatic heterocycles. The van der Waals surface area contributed by atoms with Crippen molar-refractivity contribution in [3.05, 3.63) is 35.9 Å². The van der Waals surface area contributed by atoms with Crippen molar-refractivity contribution in [3.63, 3.8) is 0 Å². The van der Waals surface area contributed by atoms with E-state index in [9.17, 15) is 0 Å². The van der Waals surface area contributed by atoms with Crippen LogP contribution in [0.15, 0.2) is 30.3 Å². The summed E-state index contributed by atoms with van der Waals surface area (Å²) in [5, 5.41) is 0. The van der Waals surface area contributed by atoms with Gasteiger partial charge in [-0.2, -0.15) is 0 Å². The molecule has 1 aromatic rings. The summed E-state index contributed by atoms with van der Waals surface area (Å²) in [5.41, 5.74) is 1.45. The predicted molar refractivity (Wildman–Crippen MR) is 57.7 cm³/mol. The molecule has 80 valence electrons. The van der Waals surface area contributed by atoms with Crippen molar-refractivity contribution in [2.24, 2.45) is 0 Å². The number of hydrogen-bond donors (Lipinski definition) is 0. The van der Waals surface area contributed by atoms with Gasteiger partial charge < -0.3 is 28.5 Å². The second kappa shape index (κ2) is 6.40. The maximum absolute atomic E-state index is 2.28. The Labute approximate surface area is 105 Å². The van der Waals surface area contributed by atoms with E-state index in [2.05, 4.69) is 51.4 Å². The van der Waals surface area contributed by atoms with E-state index in [1.165, 1.54) is 25.1 Å². The van der Waals surface area contributed by atoms with Crippen LogP contribution < -0.4 is 24.0 Å². The van der Waals surface area contributed by atoms with E-state index in [-0.39, 0.29) is 24.0 Å². The van der Waals surface area contributed by atoms with Crippen LogP contribution in [-0.4, -0.2) is 31.7 Å². The highest BCUT2D eigenvalue weighted by molar-refractivity contribution is 5.14. The minimum absolute atomic E-state index is 0. The van der Waals surface area contributed by atoms with Crippen molar-refractivity contribution in [1.82, 2.24) is 0 Å². The van der Waals surface area contributed by atoms with E-state index >= 15 is 0 Å². The lowest BCUT2D eigenvalue weighted by Gasteiger charge is -2.28. The molecule has 0 saturated carbocycles. The van der Waals surface area contributed by atoms with Gasteiger partial charge >= 0.3 is 0 Å². The first-order chi connectivity index (χ1) is 6.14. The average molecular weight is 305 g/mol. The number of halogens is 1. The van der Waals surface area contributed by atoms with Crippen LogP contribution in [0.5, 0.6) is 0 Å². The first-order valence-electron chi connectivity index (χ1n) is 5.00. The van der Waals surface area contributed by atoms with E-state index in [0.29, 0.717) is 0 Å². The summed E-state index contributed by atoms with van der Waals surface area (Å²) < 4.78 is 1.11. The molecule has 0 aliphatic carbocycles. The number of hydrogen-bond acceptors (Lipinski definition) is 0. The van der Waals surface area contributed by atoms with Gasteiger partial charge in [0.15, 0.2) is 0 Å². The van der Waals surface area contributed by atoms with Crippen LogP contribution in [0.25, 0.3) is 0 Å². The highest BCUT2D eigenvalue weighted by atomic mass is 127. The molecule has 0 saturated heterocycles. The molecular formula is C12H20IN. The van der Waals surface area contributed by atoms with Crippen molar-refractivity contribution in [1.29, 1.82) is 0 Å². The Bertz CT molecular complexity index is 244. The molecule has 0 radical (unpaired) electrons. The Morgan fingerprint density at radius 2 is 1.64 bits per heavy atom. The van der Waals surface area contributed by atoms with E-state index in [1.807, 2.05) is 0 Å². The standard InChI is InChI=1S/C12H20N.HI/c1-4-13(2,3)11-10-12-8-6-5-7-9-12;/h5-9H,4,10-11H2,1-3H3;1H/q+1;/p-1. The fraction of sp³-hybridized carbons (Fsp3) is 0.500. The lowest BCUT2D eigenvalue weighted by Crippen LogP contribution is -3.00. The van der Waals surface area contributed by atoms with Gasteiger partial charge in [0.2, 0.25) is 0 Å². The highest BCUT2D eigenvalue weighted by Crippen LogP contribution is 2.03. The van der Waals surface area contributed by atoms with Crippen LogP contribution >= 0.6 is 0 Å². The molecule has 1 nitrogen and oxygen atoms in total. The van der Waals surface area contributed by atoms with Crippen molar-refractivity contribution >= 4 is 0 Å². The Morgan fingerprint density at radius 3 is 2.14 bits per heavy atom. The zero-order valence-electron chi connectivity index (χ0n) is 9.33. The Morgan fingerprint density at radius 1 is 1.07 bits per heavy atom. The Kier molecular flexibility index (Phi) is 6.36. The van der Waals surface area contributed by atoms with Gasteiger partial charge in [0, 0.05) is 6.42 Å². The molecule has 0 fully saturated rings. The fourth-order valence-electron chi connectivity index (χ4n) is 1.23. The molecule has 0 N–H and O–H groups in total. The van der Waals surface area contributed by atoms with E-state index in [0.717, 1.165) is 4.48 Å². The first kappa shape index (κ1) is 13.9. The lowest BCUT2D eigenvalue weighted by atomic mass is 10.1. The van der Waals surface area contributed by atoms with Crippen molar-refractivity contribution in [2.45, 2.75) is 13.3 Å². The van der Waals surface area contributed by atoms with Crippen LogP contribution in [0.4, 0.5) is 0 Å². The first-order valence-corrected chi connectivity index (χ1v) is 5.00. The third-order valence-electron chi connectivity index (χ3n) is 2.70. The van der Waals surface area contributed by atoms with Crippen LogP contribution in [0.3, 0.4) is 0 Å². The van der Waals surface area contributed by atoms with E-state index in [4.69, 9.17) is 0 Å². The topological polar surface area (TPSA) is 0 Å². The van der Waals surface area contributed by atoms with Gasteiger partial charge in [-0.1, -0.05) is 30.3 Å². The predicted octanol–water partition coefficient (Wildman–Crippen LogP) is -0.671. The summed E-state index contributed by atoms with van der Waals surface area (Å²) in [6.07, 6.45) is 1.18. The fourth-order valence-corrected chi connectivity index (χ4v) is 1.23. The summed E-state index contributed by atoms with van der Waals surface area (Å²) >= 11 is 0. The van der Waals surface area contributed by atoms with Gasteiger partial charge in [-0.15, -0.1) is 0 Å². The molecule has 0 aliphatic rings. The van der Waals surface area contributed by atoms with Gasteiger partial charge in [0.05, 0.1) is 27.2 Å². The zero-order valence-corrected chi connectivity index (χ0v) is 11.5. The highest BCUT2D eigenvalue weighted by Gasteiger charge is 2.10. The summed E-state index contributed by atoms with van der Waals surface area (Å²) in [5.74, 6) is 0. The van der Waals surface area contributed by atoms with Gasteiger partial charge in [0.1, 0.15) is 0 Å². The third-order valence-corrected chi connectivity index (χ3v) is 2.70. The molecule has 0 unspecified atom stereocenters. The SMILES string of the molecule is CC[N+](C)(C)CCc1ccccc1.[I-]. The smallest absolute Gasteiger partial charge is 0.0823 e. The number of nitrogens with zero attached hydrogens (tertiary/aromatic N) is 1. The molecule has 1 rings (SSSR count). The number of quaternary nitrogens is 1. The van der Waals surface area contributed by atoms with Crippen LogP contribution in [0.1, 0.15) is 12.5 Å². The second-order valence-electron chi connectivity index (χ2n) is 4.21. The maximum atomic E-state index is 2.28. The molecule has 0 aromatic heterocycles. The number of rotatable bonds is 4. The molecule has 1 aromatic carbocycles. The van der Waals surface area contributed by atoms with E-state index in [1.54, 1.807) is 0 Å². The summed E-state index contributed by atoms with van der Waals surface area (Å²) in [4.78, 5) is 0. The average Bonchev–Trinajstić information content (AvgIpc) is 2.17. The quantitative estimate of drug-likeness (QED) is 0.511. The van der Waals surface area contributed by atoms with Crippen LogP contribution in [0, 0.1) is 0 Å². The monoisotopic (exact) mass is 305 g/mol. The van der Waals surface area contributed by atoms with Gasteiger partial charge in [-0.3, -0.25) is 0 Å². The summed E-state index contributed by atoms with van der Waals surface area (Å²) in [7, 11) is 4.56. The number of likely N-dealkylation sites (N-methyl/N-ethyl adjacent to an activating group) is 1. The molecule has 0 bridgehead atoms. The molecule has 2 heteroatoms. The van der Waals surface area contributed by atoms with Gasteiger partial charge in [-0.05, 0) is 12.5 Å². The molecular weight excluding hydrogens is 285 g/mol. The third kappa shape index (κ3) is 4.96. The van der Waals surface area contributed by atoms with Gasteiger partial charge in [-0.25, -0.2) is 0 Å². The number of benzene rings is 1. The minimum Gasteiger partial charge on any atom is -1.00 e. The summed E-state index contributed by atoms with van der Waals surface area (Å²) in [6.45, 7) is 4.67. The molecule has 14 heavy (non-hydrogen) atoms.